The van der Waals surface area contributed by atoms with Gasteiger partial charge in [-0.25, -0.2) is 4.79 Å². The van der Waals surface area contributed by atoms with Gasteiger partial charge in [-0.2, -0.15) is 0 Å². The van der Waals surface area contributed by atoms with E-state index in [4.69, 9.17) is 9.63 Å². The first-order valence-corrected chi connectivity index (χ1v) is 6.04. The number of phenols is 1. The molecular weight excluding hydrogens is 302 g/mol. The van der Waals surface area contributed by atoms with E-state index in [1.165, 1.54) is 6.07 Å². The summed E-state index contributed by atoms with van der Waals surface area (Å²) in [5.74, 6) is -0.948. The number of phenolic OH excluding ortho intramolecular Hbond substituents is 1. The fourth-order valence-electron chi connectivity index (χ4n) is 1.55. The predicted octanol–water partition coefficient (Wildman–Crippen LogP) is 3.07. The summed E-state index contributed by atoms with van der Waals surface area (Å²) in [5.41, 5.74) is 1.21. The van der Waals surface area contributed by atoms with Crippen molar-refractivity contribution in [1.29, 1.82) is 0 Å². The van der Waals surface area contributed by atoms with E-state index in [1.807, 2.05) is 6.92 Å². The lowest BCUT2D eigenvalue weighted by molar-refractivity contribution is 0.0686. The third kappa shape index (κ3) is 2.24. The van der Waals surface area contributed by atoms with Gasteiger partial charge in [-0.3, -0.25) is 0 Å². The largest absolute Gasteiger partial charge is 0.506 e. The smallest absolute Gasteiger partial charge is 0.358 e. The molecule has 1 aromatic carbocycles. The van der Waals surface area contributed by atoms with Crippen LogP contribution in [-0.2, 0) is 6.42 Å². The van der Waals surface area contributed by atoms with Crippen LogP contribution in [0.4, 0.5) is 0 Å². The van der Waals surface area contributed by atoms with Gasteiger partial charge in [0.2, 0.25) is 0 Å². The molecule has 0 radical (unpaired) electrons. The molecule has 94 valence electrons. The molecule has 5 nitrogen and oxygen atoms in total. The molecule has 1 heterocycles. The van der Waals surface area contributed by atoms with Gasteiger partial charge in [0.25, 0.3) is 0 Å². The van der Waals surface area contributed by atoms with E-state index in [9.17, 15) is 9.90 Å². The number of aryl methyl sites for hydroxylation is 1. The Labute approximate surface area is 111 Å². The maximum Gasteiger partial charge on any atom is 0.358 e. The number of nitrogens with zero attached hydrogens (tertiary/aromatic N) is 1. The number of aromatic hydroxyl groups is 1. The van der Waals surface area contributed by atoms with Crippen molar-refractivity contribution in [1.82, 2.24) is 5.16 Å². The molecule has 0 spiro atoms. The Balaban J connectivity index is 2.55. The Bertz CT molecular complexity index is 606. The molecule has 2 aromatic rings. The minimum Gasteiger partial charge on any atom is -0.506 e. The first-order valence-electron chi connectivity index (χ1n) is 5.24. The molecule has 0 atom stereocenters. The average Bonchev–Trinajstić information content (AvgIpc) is 2.82. The Kier molecular flexibility index (Phi) is 3.38. The zero-order valence-electron chi connectivity index (χ0n) is 9.48. The van der Waals surface area contributed by atoms with Crippen LogP contribution in [0.25, 0.3) is 11.3 Å². The van der Waals surface area contributed by atoms with Gasteiger partial charge in [0.15, 0.2) is 11.5 Å². The highest BCUT2D eigenvalue weighted by Crippen LogP contribution is 2.37. The third-order valence-corrected chi connectivity index (χ3v) is 3.13. The number of aromatic nitrogens is 1. The maximum absolute atomic E-state index is 10.7. The normalized spacial score (nSPS) is 10.6. The number of benzene rings is 1. The lowest BCUT2D eigenvalue weighted by Gasteiger charge is -2.06. The van der Waals surface area contributed by atoms with E-state index in [0.717, 1.165) is 12.0 Å². The molecule has 0 saturated carbocycles. The molecule has 0 aliphatic rings. The Morgan fingerprint density at radius 2 is 2.17 bits per heavy atom. The zero-order chi connectivity index (χ0) is 13.3. The summed E-state index contributed by atoms with van der Waals surface area (Å²) in [6, 6.07) is 4.82. The number of carbonyl (C=O) groups is 1. The molecule has 0 aliphatic heterocycles. The van der Waals surface area contributed by atoms with Gasteiger partial charge in [-0.05, 0) is 40.0 Å². The van der Waals surface area contributed by atoms with Crippen molar-refractivity contribution in [2.75, 3.05) is 0 Å². The van der Waals surface area contributed by atoms with Crippen LogP contribution >= 0.6 is 15.9 Å². The minimum atomic E-state index is -1.17. The van der Waals surface area contributed by atoms with E-state index in [2.05, 4.69) is 21.1 Å². The summed E-state index contributed by atoms with van der Waals surface area (Å²) in [6.45, 7) is 1.98. The highest BCUT2D eigenvalue weighted by atomic mass is 79.9. The molecule has 2 N–H and O–H groups in total. The van der Waals surface area contributed by atoms with Crippen LogP contribution in [0.15, 0.2) is 27.2 Å². The van der Waals surface area contributed by atoms with Crippen molar-refractivity contribution in [3.8, 4) is 17.1 Å². The second-order valence-electron chi connectivity index (χ2n) is 3.71. The lowest BCUT2D eigenvalue weighted by atomic mass is 10.1. The summed E-state index contributed by atoms with van der Waals surface area (Å²) in [6.07, 6.45) is 0.784. The minimum absolute atomic E-state index is 0.000267. The van der Waals surface area contributed by atoms with Crippen molar-refractivity contribution in [3.05, 3.63) is 33.9 Å². The van der Waals surface area contributed by atoms with Gasteiger partial charge >= 0.3 is 5.97 Å². The SMILES string of the molecule is CCc1cc(Br)c(O)c(-c2cc(C(=O)O)no2)c1. The number of carboxylic acids is 1. The average molecular weight is 312 g/mol. The van der Waals surface area contributed by atoms with Crippen LogP contribution in [-0.4, -0.2) is 21.3 Å². The van der Waals surface area contributed by atoms with Crippen LogP contribution in [0.3, 0.4) is 0 Å². The Morgan fingerprint density at radius 1 is 1.44 bits per heavy atom. The predicted molar refractivity (Wildman–Crippen MR) is 67.6 cm³/mol. The van der Waals surface area contributed by atoms with E-state index >= 15 is 0 Å². The molecular formula is C12H10BrNO4. The topological polar surface area (TPSA) is 83.6 Å². The fraction of sp³-hybridized carbons (Fsp3) is 0.167. The zero-order valence-corrected chi connectivity index (χ0v) is 11.1. The number of rotatable bonds is 3. The highest BCUT2D eigenvalue weighted by Gasteiger charge is 2.17. The van der Waals surface area contributed by atoms with Crippen molar-refractivity contribution in [3.63, 3.8) is 0 Å². The molecule has 0 saturated heterocycles. The van der Waals surface area contributed by atoms with Crippen molar-refractivity contribution < 1.29 is 19.5 Å². The lowest BCUT2D eigenvalue weighted by Crippen LogP contribution is -1.94. The molecule has 6 heteroatoms. The van der Waals surface area contributed by atoms with Crippen LogP contribution in [0.5, 0.6) is 5.75 Å². The van der Waals surface area contributed by atoms with Crippen LogP contribution < -0.4 is 0 Å². The van der Waals surface area contributed by atoms with Gasteiger partial charge in [0.1, 0.15) is 5.75 Å². The van der Waals surface area contributed by atoms with Gasteiger partial charge in [-0.1, -0.05) is 12.1 Å². The first kappa shape index (κ1) is 12.6. The maximum atomic E-state index is 10.7. The van der Waals surface area contributed by atoms with Crippen LogP contribution in [0.1, 0.15) is 23.0 Å². The number of aromatic carboxylic acids is 1. The van der Waals surface area contributed by atoms with E-state index < -0.39 is 5.97 Å². The van der Waals surface area contributed by atoms with Crippen molar-refractivity contribution >= 4 is 21.9 Å². The second-order valence-corrected chi connectivity index (χ2v) is 4.56. The molecule has 2 rings (SSSR count). The fourth-order valence-corrected chi connectivity index (χ4v) is 2.06. The molecule has 0 amide bonds. The molecule has 0 bridgehead atoms. The first-order chi connectivity index (χ1) is 8.52. The van der Waals surface area contributed by atoms with Crippen LogP contribution in [0, 0.1) is 0 Å². The van der Waals surface area contributed by atoms with Gasteiger partial charge in [0, 0.05) is 6.07 Å². The molecule has 1 aromatic heterocycles. The van der Waals surface area contributed by atoms with E-state index in [0.29, 0.717) is 10.0 Å². The van der Waals surface area contributed by atoms with Gasteiger partial charge < -0.3 is 14.7 Å². The van der Waals surface area contributed by atoms with Crippen LogP contribution in [0.2, 0.25) is 0 Å². The molecule has 0 unspecified atom stereocenters. The second kappa shape index (κ2) is 4.81. The summed E-state index contributed by atoms with van der Waals surface area (Å²) in [7, 11) is 0. The number of halogens is 1. The molecule has 0 fully saturated rings. The number of hydrogen-bond acceptors (Lipinski definition) is 4. The summed E-state index contributed by atoms with van der Waals surface area (Å²) in [4.78, 5) is 10.7. The number of hydrogen-bond donors (Lipinski definition) is 2. The monoisotopic (exact) mass is 311 g/mol. The summed E-state index contributed by atoms with van der Waals surface area (Å²) >= 11 is 3.24. The quantitative estimate of drug-likeness (QED) is 0.910. The van der Waals surface area contributed by atoms with E-state index in [-0.39, 0.29) is 17.2 Å². The highest BCUT2D eigenvalue weighted by molar-refractivity contribution is 9.10. The molecule has 18 heavy (non-hydrogen) atoms. The van der Waals surface area contributed by atoms with E-state index in [1.54, 1.807) is 12.1 Å². The van der Waals surface area contributed by atoms with Crippen molar-refractivity contribution in [2.45, 2.75) is 13.3 Å². The van der Waals surface area contributed by atoms with Gasteiger partial charge in [-0.15, -0.1) is 0 Å². The van der Waals surface area contributed by atoms with Gasteiger partial charge in [0.05, 0.1) is 10.0 Å². The summed E-state index contributed by atoms with van der Waals surface area (Å²) < 4.78 is 5.47. The summed E-state index contributed by atoms with van der Waals surface area (Å²) in [5, 5.41) is 22.1. The molecule has 0 aliphatic carbocycles. The standard InChI is InChI=1S/C12H10BrNO4/c1-2-6-3-7(11(15)8(13)4-6)10-5-9(12(16)17)14-18-10/h3-5,15H,2H2,1H3,(H,16,17). The Morgan fingerprint density at radius 3 is 2.72 bits per heavy atom. The van der Waals surface area contributed by atoms with Crippen molar-refractivity contribution in [2.24, 2.45) is 0 Å². The number of carboxylic acid groups (broad SMARTS) is 1. The third-order valence-electron chi connectivity index (χ3n) is 2.53. The Hall–Kier alpha value is -1.82.